The summed E-state index contributed by atoms with van der Waals surface area (Å²) in [6.45, 7) is -0.0745. The van der Waals surface area contributed by atoms with E-state index in [-0.39, 0.29) is 18.7 Å². The molecule has 102 valence electrons. The average molecular weight is 269 g/mol. The van der Waals surface area contributed by atoms with E-state index in [4.69, 9.17) is 10.5 Å². The lowest BCUT2D eigenvalue weighted by atomic mass is 10.1. The Bertz CT molecular complexity index is 548. The molecule has 1 unspecified atom stereocenters. The van der Waals surface area contributed by atoms with E-state index in [0.717, 1.165) is 5.39 Å². The lowest BCUT2D eigenvalue weighted by molar-refractivity contribution is -0.195. The van der Waals surface area contributed by atoms with Gasteiger partial charge in [0.05, 0.1) is 0 Å². The van der Waals surface area contributed by atoms with Crippen molar-refractivity contribution in [2.45, 2.75) is 18.7 Å². The summed E-state index contributed by atoms with van der Waals surface area (Å²) in [4.78, 5) is 0. The third kappa shape index (κ3) is 3.17. The Hall–Kier alpha value is -1.75. The molecular weight excluding hydrogens is 255 g/mol. The van der Waals surface area contributed by atoms with Gasteiger partial charge in [0, 0.05) is 11.8 Å². The molecule has 0 aromatic heterocycles. The van der Waals surface area contributed by atoms with Crippen molar-refractivity contribution in [2.24, 2.45) is 5.73 Å². The molecule has 2 rings (SSSR count). The van der Waals surface area contributed by atoms with E-state index in [1.807, 2.05) is 18.2 Å². The van der Waals surface area contributed by atoms with Crippen molar-refractivity contribution in [3.63, 3.8) is 0 Å². The number of alkyl halides is 3. The smallest absolute Gasteiger partial charge is 0.425 e. The van der Waals surface area contributed by atoms with Gasteiger partial charge in [-0.2, -0.15) is 13.2 Å². The first kappa shape index (κ1) is 13.7. The maximum Gasteiger partial charge on any atom is 0.425 e. The number of fused-ring (bicyclic) bond motifs is 1. The average Bonchev–Trinajstić information content (AvgIpc) is 2.37. The second kappa shape index (κ2) is 5.48. The highest BCUT2D eigenvalue weighted by Gasteiger charge is 2.41. The van der Waals surface area contributed by atoms with Gasteiger partial charge in [0.1, 0.15) is 5.75 Å². The highest BCUT2D eigenvalue weighted by molar-refractivity contribution is 5.88. The molecule has 19 heavy (non-hydrogen) atoms. The Balaban J connectivity index is 2.34. The minimum atomic E-state index is -4.42. The third-order valence-corrected chi connectivity index (χ3v) is 2.81. The van der Waals surface area contributed by atoms with E-state index in [9.17, 15) is 13.2 Å². The van der Waals surface area contributed by atoms with Gasteiger partial charge >= 0.3 is 6.18 Å². The van der Waals surface area contributed by atoms with E-state index >= 15 is 0 Å². The fourth-order valence-electron chi connectivity index (χ4n) is 1.89. The van der Waals surface area contributed by atoms with Gasteiger partial charge in [0.15, 0.2) is 6.10 Å². The second-order valence-electron chi connectivity index (χ2n) is 4.20. The number of ether oxygens (including phenoxy) is 1. The van der Waals surface area contributed by atoms with Crippen LogP contribution in [0.1, 0.15) is 6.42 Å². The molecule has 0 spiro atoms. The monoisotopic (exact) mass is 269 g/mol. The summed E-state index contributed by atoms with van der Waals surface area (Å²) in [5, 5.41) is 1.50. The molecule has 0 aliphatic carbocycles. The van der Waals surface area contributed by atoms with Crippen molar-refractivity contribution in [1.82, 2.24) is 0 Å². The summed E-state index contributed by atoms with van der Waals surface area (Å²) in [5.74, 6) is 0.230. The summed E-state index contributed by atoms with van der Waals surface area (Å²) < 4.78 is 43.6. The van der Waals surface area contributed by atoms with Gasteiger partial charge in [0.2, 0.25) is 0 Å². The number of halogens is 3. The Morgan fingerprint density at radius 3 is 2.42 bits per heavy atom. The van der Waals surface area contributed by atoms with Gasteiger partial charge < -0.3 is 10.5 Å². The normalized spacial score (nSPS) is 13.5. The Labute approximate surface area is 109 Å². The molecule has 2 aromatic rings. The summed E-state index contributed by atoms with van der Waals surface area (Å²) >= 11 is 0. The molecule has 5 heteroatoms. The Morgan fingerprint density at radius 1 is 1.05 bits per heavy atom. The molecule has 1 atom stereocenters. The van der Waals surface area contributed by atoms with E-state index < -0.39 is 12.3 Å². The number of hydrogen-bond donors (Lipinski definition) is 1. The molecule has 2 nitrogen and oxygen atoms in total. The van der Waals surface area contributed by atoms with Crippen molar-refractivity contribution in [3.05, 3.63) is 42.5 Å². The molecule has 2 N–H and O–H groups in total. The summed E-state index contributed by atoms with van der Waals surface area (Å²) in [7, 11) is 0. The van der Waals surface area contributed by atoms with Crippen LogP contribution >= 0.6 is 0 Å². The van der Waals surface area contributed by atoms with Gasteiger partial charge in [-0.25, -0.2) is 0 Å². The first-order valence-corrected chi connectivity index (χ1v) is 5.93. The summed E-state index contributed by atoms with van der Waals surface area (Å²) in [6, 6.07) is 12.2. The number of nitrogens with two attached hydrogens (primary N) is 1. The fourth-order valence-corrected chi connectivity index (χ4v) is 1.89. The number of benzene rings is 2. The van der Waals surface area contributed by atoms with E-state index in [1.165, 1.54) is 6.07 Å². The van der Waals surface area contributed by atoms with Crippen molar-refractivity contribution in [3.8, 4) is 5.75 Å². The van der Waals surface area contributed by atoms with Crippen molar-refractivity contribution in [2.75, 3.05) is 6.54 Å². The van der Waals surface area contributed by atoms with Gasteiger partial charge in [-0.1, -0.05) is 36.4 Å². The topological polar surface area (TPSA) is 35.2 Å². The highest BCUT2D eigenvalue weighted by atomic mass is 19.4. The van der Waals surface area contributed by atoms with Crippen molar-refractivity contribution < 1.29 is 17.9 Å². The molecule has 0 saturated heterocycles. The molecule has 0 aliphatic rings. The van der Waals surface area contributed by atoms with Crippen LogP contribution in [0.4, 0.5) is 13.2 Å². The predicted octanol–water partition coefficient (Wildman–Crippen LogP) is 3.50. The summed E-state index contributed by atoms with van der Waals surface area (Å²) in [6.07, 6.45) is -6.55. The van der Waals surface area contributed by atoms with Gasteiger partial charge in [-0.05, 0) is 18.0 Å². The molecule has 0 aliphatic heterocycles. The van der Waals surface area contributed by atoms with Crippen LogP contribution in [-0.4, -0.2) is 18.8 Å². The minimum Gasteiger partial charge on any atom is -0.480 e. The highest BCUT2D eigenvalue weighted by Crippen LogP contribution is 2.31. The minimum absolute atomic E-state index is 0.0745. The molecule has 0 bridgehead atoms. The van der Waals surface area contributed by atoms with Crippen molar-refractivity contribution >= 4 is 10.8 Å². The first-order chi connectivity index (χ1) is 9.02. The maximum atomic E-state index is 12.8. The summed E-state index contributed by atoms with van der Waals surface area (Å²) in [5.41, 5.74) is 5.21. The molecule has 0 saturated carbocycles. The van der Waals surface area contributed by atoms with Crippen molar-refractivity contribution in [1.29, 1.82) is 0 Å². The number of rotatable bonds is 4. The molecule has 0 fully saturated rings. The quantitative estimate of drug-likeness (QED) is 0.922. The largest absolute Gasteiger partial charge is 0.480 e. The molecule has 2 aromatic carbocycles. The molecular formula is C14H14F3NO. The SMILES string of the molecule is NCCC(Oc1cccc2ccccc12)C(F)(F)F. The first-order valence-electron chi connectivity index (χ1n) is 5.93. The molecule has 0 amide bonds. The van der Waals surface area contributed by atoms with Crippen LogP contribution < -0.4 is 10.5 Å². The van der Waals surface area contributed by atoms with Crippen LogP contribution in [-0.2, 0) is 0 Å². The van der Waals surface area contributed by atoms with E-state index in [1.54, 1.807) is 18.2 Å². The molecule has 0 heterocycles. The lowest BCUT2D eigenvalue weighted by Crippen LogP contribution is -2.36. The maximum absolute atomic E-state index is 12.8. The van der Waals surface area contributed by atoms with Crippen LogP contribution in [0.2, 0.25) is 0 Å². The zero-order valence-electron chi connectivity index (χ0n) is 10.2. The third-order valence-electron chi connectivity index (χ3n) is 2.81. The van der Waals surface area contributed by atoms with Gasteiger partial charge in [0.25, 0.3) is 0 Å². The Morgan fingerprint density at radius 2 is 1.74 bits per heavy atom. The number of hydrogen-bond acceptors (Lipinski definition) is 2. The van der Waals surface area contributed by atoms with Crippen LogP contribution in [0.3, 0.4) is 0 Å². The predicted molar refractivity (Wildman–Crippen MR) is 68.1 cm³/mol. The molecule has 0 radical (unpaired) electrons. The van der Waals surface area contributed by atoms with Crippen LogP contribution in [0, 0.1) is 0 Å². The van der Waals surface area contributed by atoms with Gasteiger partial charge in [-0.3, -0.25) is 0 Å². The van der Waals surface area contributed by atoms with E-state index in [2.05, 4.69) is 0 Å². The van der Waals surface area contributed by atoms with Crippen LogP contribution in [0.15, 0.2) is 42.5 Å². The van der Waals surface area contributed by atoms with Crippen LogP contribution in [0.25, 0.3) is 10.8 Å². The van der Waals surface area contributed by atoms with E-state index in [0.29, 0.717) is 5.39 Å². The van der Waals surface area contributed by atoms with Gasteiger partial charge in [-0.15, -0.1) is 0 Å². The lowest BCUT2D eigenvalue weighted by Gasteiger charge is -2.22. The fraction of sp³-hybridized carbons (Fsp3) is 0.286. The van der Waals surface area contributed by atoms with Crippen LogP contribution in [0.5, 0.6) is 5.75 Å². The zero-order chi connectivity index (χ0) is 13.9. The Kier molecular flexibility index (Phi) is 3.95. The standard InChI is InChI=1S/C14H14F3NO/c15-14(16,17)13(8-9-18)19-12-7-3-5-10-4-1-2-6-11(10)12/h1-7,13H,8-9,18H2. The second-order valence-corrected chi connectivity index (χ2v) is 4.20. The zero-order valence-corrected chi connectivity index (χ0v) is 10.2.